The van der Waals surface area contributed by atoms with Gasteiger partial charge in [0.25, 0.3) is 5.91 Å². The summed E-state index contributed by atoms with van der Waals surface area (Å²) in [4.78, 5) is 18.4. The first-order valence-corrected chi connectivity index (χ1v) is 12.0. The zero-order valence-electron chi connectivity index (χ0n) is 20.3. The molecule has 0 saturated heterocycles. The lowest BCUT2D eigenvalue weighted by atomic mass is 9.97. The summed E-state index contributed by atoms with van der Waals surface area (Å²) >= 11 is 0. The molecule has 0 aliphatic heterocycles. The van der Waals surface area contributed by atoms with Gasteiger partial charge in [-0.1, -0.05) is 75.4 Å². The van der Waals surface area contributed by atoms with Crippen molar-refractivity contribution in [2.45, 2.75) is 46.1 Å². The molecule has 0 fully saturated rings. The number of carbonyl (C=O) groups is 1. The van der Waals surface area contributed by atoms with Gasteiger partial charge in [0.15, 0.2) is 0 Å². The number of para-hydroxylation sites is 1. The van der Waals surface area contributed by atoms with E-state index in [1.54, 1.807) is 0 Å². The van der Waals surface area contributed by atoms with E-state index >= 15 is 0 Å². The van der Waals surface area contributed by atoms with Crippen LogP contribution in [0.15, 0.2) is 78.9 Å². The number of benzene rings is 3. The number of carbonyl (C=O) groups excluding carboxylic acids is 1. The molecule has 0 aliphatic carbocycles. The van der Waals surface area contributed by atoms with Crippen LogP contribution in [-0.4, -0.2) is 17.5 Å². The largest absolute Gasteiger partial charge is 0.494 e. The van der Waals surface area contributed by atoms with Crippen molar-refractivity contribution in [3.05, 3.63) is 95.6 Å². The van der Waals surface area contributed by atoms with Gasteiger partial charge in [0.1, 0.15) is 5.75 Å². The van der Waals surface area contributed by atoms with E-state index in [1.807, 2.05) is 61.5 Å². The van der Waals surface area contributed by atoms with Gasteiger partial charge in [0.2, 0.25) is 0 Å². The van der Waals surface area contributed by atoms with Crippen molar-refractivity contribution in [3.63, 3.8) is 0 Å². The van der Waals surface area contributed by atoms with E-state index in [0.29, 0.717) is 18.1 Å². The van der Waals surface area contributed by atoms with E-state index in [1.165, 1.54) is 5.56 Å². The number of nitrogens with one attached hydrogen (secondary N) is 1. The molecule has 4 aromatic rings. The summed E-state index contributed by atoms with van der Waals surface area (Å²) in [6.07, 6.45) is 0.805. The molecule has 34 heavy (non-hydrogen) atoms. The van der Waals surface area contributed by atoms with E-state index in [2.05, 4.69) is 50.4 Å². The highest BCUT2D eigenvalue weighted by Crippen LogP contribution is 2.28. The molecular weight excluding hydrogens is 420 g/mol. The van der Waals surface area contributed by atoms with Gasteiger partial charge in [-0.2, -0.15) is 0 Å². The Morgan fingerprint density at radius 2 is 1.65 bits per heavy atom. The highest BCUT2D eigenvalue weighted by Gasteiger charge is 2.18. The maximum atomic E-state index is 13.6. The lowest BCUT2D eigenvalue weighted by molar-refractivity contribution is 0.0937. The number of hydrogen-bond acceptors (Lipinski definition) is 3. The molecular formula is C30H32N2O2. The number of ether oxygens (including phenoxy) is 1. The van der Waals surface area contributed by atoms with E-state index in [0.717, 1.165) is 39.9 Å². The number of fused-ring (bicyclic) bond motifs is 1. The summed E-state index contributed by atoms with van der Waals surface area (Å²) < 4.78 is 5.67. The number of hydrogen-bond donors (Lipinski definition) is 1. The highest BCUT2D eigenvalue weighted by molar-refractivity contribution is 6.07. The minimum absolute atomic E-state index is 0.0645. The Bertz CT molecular complexity index is 1280. The number of nitrogens with zero attached hydrogens (tertiary/aromatic N) is 1. The number of rotatable bonds is 8. The topological polar surface area (TPSA) is 51.2 Å². The quantitative estimate of drug-likeness (QED) is 0.305. The van der Waals surface area contributed by atoms with Gasteiger partial charge in [-0.05, 0) is 54.7 Å². The Morgan fingerprint density at radius 3 is 2.35 bits per heavy atom. The molecule has 3 aromatic carbocycles. The molecule has 1 aromatic heterocycles. The van der Waals surface area contributed by atoms with Gasteiger partial charge in [-0.15, -0.1) is 0 Å². The van der Waals surface area contributed by atoms with Crippen LogP contribution in [0.25, 0.3) is 22.2 Å². The van der Waals surface area contributed by atoms with E-state index < -0.39 is 0 Å². The normalized spacial score (nSPS) is 12.0. The number of aromatic nitrogens is 1. The van der Waals surface area contributed by atoms with E-state index in [9.17, 15) is 4.79 Å². The maximum Gasteiger partial charge on any atom is 0.252 e. The zero-order chi connectivity index (χ0) is 24.1. The second kappa shape index (κ2) is 10.5. The monoisotopic (exact) mass is 452 g/mol. The minimum atomic E-state index is -0.0967. The van der Waals surface area contributed by atoms with Gasteiger partial charge < -0.3 is 10.1 Å². The molecule has 0 radical (unpaired) electrons. The molecule has 1 atom stereocenters. The predicted octanol–water partition coefficient (Wildman–Crippen LogP) is 7.31. The molecule has 0 bridgehead atoms. The van der Waals surface area contributed by atoms with Crippen molar-refractivity contribution in [1.82, 2.24) is 10.3 Å². The van der Waals surface area contributed by atoms with Crippen LogP contribution in [0.1, 0.15) is 67.6 Å². The van der Waals surface area contributed by atoms with E-state index in [-0.39, 0.29) is 11.9 Å². The minimum Gasteiger partial charge on any atom is -0.494 e. The molecule has 1 amide bonds. The highest BCUT2D eigenvalue weighted by atomic mass is 16.5. The van der Waals surface area contributed by atoms with Crippen LogP contribution in [0.5, 0.6) is 5.75 Å². The van der Waals surface area contributed by atoms with Gasteiger partial charge in [0.05, 0.1) is 29.4 Å². The molecule has 1 N–H and O–H groups in total. The second-order valence-corrected chi connectivity index (χ2v) is 8.79. The fourth-order valence-corrected chi connectivity index (χ4v) is 4.19. The van der Waals surface area contributed by atoms with Gasteiger partial charge in [-0.3, -0.25) is 4.79 Å². The van der Waals surface area contributed by atoms with Crippen LogP contribution >= 0.6 is 0 Å². The molecule has 0 spiro atoms. The van der Waals surface area contributed by atoms with Gasteiger partial charge >= 0.3 is 0 Å². The fraction of sp³-hybridized carbons (Fsp3) is 0.267. The Labute approximate surface area is 202 Å². The molecule has 4 nitrogen and oxygen atoms in total. The van der Waals surface area contributed by atoms with E-state index in [4.69, 9.17) is 9.72 Å². The lowest BCUT2D eigenvalue weighted by Crippen LogP contribution is -2.28. The van der Waals surface area contributed by atoms with Crippen LogP contribution in [0.2, 0.25) is 0 Å². The summed E-state index contributed by atoms with van der Waals surface area (Å²) in [5, 5.41) is 4.10. The van der Waals surface area contributed by atoms with Crippen molar-refractivity contribution in [1.29, 1.82) is 0 Å². The maximum absolute atomic E-state index is 13.6. The Kier molecular flexibility index (Phi) is 7.27. The third-order valence-electron chi connectivity index (χ3n) is 6.12. The van der Waals surface area contributed by atoms with Crippen molar-refractivity contribution in [2.24, 2.45) is 0 Å². The fourth-order valence-electron chi connectivity index (χ4n) is 4.19. The third kappa shape index (κ3) is 5.12. The first-order chi connectivity index (χ1) is 16.5. The summed E-state index contributed by atoms with van der Waals surface area (Å²) in [5.41, 5.74) is 5.50. The second-order valence-electron chi connectivity index (χ2n) is 8.79. The summed E-state index contributed by atoms with van der Waals surface area (Å²) in [6, 6.07) is 26.0. The third-order valence-corrected chi connectivity index (χ3v) is 6.12. The molecule has 4 heteroatoms. The number of amides is 1. The predicted molar refractivity (Wildman–Crippen MR) is 139 cm³/mol. The molecule has 174 valence electrons. The molecule has 1 heterocycles. The average Bonchev–Trinajstić information content (AvgIpc) is 2.87. The van der Waals surface area contributed by atoms with Crippen LogP contribution in [0.3, 0.4) is 0 Å². The van der Waals surface area contributed by atoms with Crippen LogP contribution in [-0.2, 0) is 0 Å². The molecule has 1 unspecified atom stereocenters. The smallest absolute Gasteiger partial charge is 0.252 e. The summed E-state index contributed by atoms with van der Waals surface area (Å²) in [7, 11) is 0. The Morgan fingerprint density at radius 1 is 0.912 bits per heavy atom. The zero-order valence-corrected chi connectivity index (χ0v) is 20.3. The van der Waals surface area contributed by atoms with Crippen molar-refractivity contribution >= 4 is 16.8 Å². The van der Waals surface area contributed by atoms with Crippen molar-refractivity contribution in [2.75, 3.05) is 6.61 Å². The first kappa shape index (κ1) is 23.5. The van der Waals surface area contributed by atoms with Crippen molar-refractivity contribution in [3.8, 4) is 17.0 Å². The molecule has 0 aliphatic rings. The van der Waals surface area contributed by atoms with Crippen LogP contribution < -0.4 is 10.1 Å². The Hall–Kier alpha value is -3.66. The number of pyridine rings is 1. The summed E-state index contributed by atoms with van der Waals surface area (Å²) in [5.74, 6) is 1.17. The SMILES string of the molecule is CCOc1cccc(-c2cc(C(=O)NC(CC)c3ccc(C(C)C)cc3)c3ccccc3n2)c1. The summed E-state index contributed by atoms with van der Waals surface area (Å²) in [6.45, 7) is 9.02. The average molecular weight is 453 g/mol. The molecule has 0 saturated carbocycles. The van der Waals surface area contributed by atoms with Crippen molar-refractivity contribution < 1.29 is 9.53 Å². The van der Waals surface area contributed by atoms with Crippen LogP contribution in [0.4, 0.5) is 0 Å². The van der Waals surface area contributed by atoms with Crippen LogP contribution in [0, 0.1) is 0 Å². The van der Waals surface area contributed by atoms with Gasteiger partial charge in [-0.25, -0.2) is 4.98 Å². The standard InChI is InChI=1S/C30H32N2O2/c1-5-27(22-16-14-21(15-17-22)20(3)4)32-30(33)26-19-29(31-28-13-8-7-12-25(26)28)23-10-9-11-24(18-23)34-6-2/h7-20,27H,5-6H2,1-4H3,(H,32,33). The van der Waals surface area contributed by atoms with Gasteiger partial charge in [0, 0.05) is 10.9 Å². The lowest BCUT2D eigenvalue weighted by Gasteiger charge is -2.19. The Balaban J connectivity index is 1.69. The first-order valence-electron chi connectivity index (χ1n) is 12.0. The molecule has 4 rings (SSSR count).